The molecule has 1 aliphatic rings. The van der Waals surface area contributed by atoms with Gasteiger partial charge in [-0.2, -0.15) is 0 Å². The van der Waals surface area contributed by atoms with Gasteiger partial charge in [-0.1, -0.05) is 24.0 Å². The molecule has 0 radical (unpaired) electrons. The van der Waals surface area contributed by atoms with Gasteiger partial charge in [-0.25, -0.2) is 0 Å². The van der Waals surface area contributed by atoms with Crippen molar-refractivity contribution in [3.05, 3.63) is 29.8 Å². The third kappa shape index (κ3) is 1.65. The molecule has 2 rings (SSSR count). The molecule has 0 aromatic heterocycles. The lowest BCUT2D eigenvalue weighted by Crippen LogP contribution is -1.87. The molecule has 0 nitrogen and oxygen atoms in total. The van der Waals surface area contributed by atoms with Crippen molar-refractivity contribution in [1.82, 2.24) is 0 Å². The minimum Gasteiger partial charge on any atom is -0.125 e. The molecule has 1 aromatic carbocycles. The number of hydrogen-bond donors (Lipinski definition) is 0. The SMILES string of the molecule is C1#Cc2ccccc2SCCC1. The summed E-state index contributed by atoms with van der Waals surface area (Å²) in [6.45, 7) is 0. The minimum atomic E-state index is 1.04. The molecule has 0 saturated carbocycles. The van der Waals surface area contributed by atoms with Crippen molar-refractivity contribution in [2.45, 2.75) is 17.7 Å². The van der Waals surface area contributed by atoms with Gasteiger partial charge in [0, 0.05) is 16.9 Å². The second-order valence-corrected chi connectivity index (χ2v) is 3.89. The van der Waals surface area contributed by atoms with Crippen molar-refractivity contribution in [1.29, 1.82) is 0 Å². The fourth-order valence-electron chi connectivity index (χ4n) is 1.20. The first kappa shape index (κ1) is 7.76. The highest BCUT2D eigenvalue weighted by molar-refractivity contribution is 7.99. The molecule has 0 N–H and O–H groups in total. The van der Waals surface area contributed by atoms with Crippen LogP contribution in [0.3, 0.4) is 0 Å². The van der Waals surface area contributed by atoms with Gasteiger partial charge < -0.3 is 0 Å². The van der Waals surface area contributed by atoms with Crippen LogP contribution >= 0.6 is 11.8 Å². The molecule has 0 bridgehead atoms. The maximum Gasteiger partial charge on any atom is 0.0381 e. The maximum absolute atomic E-state index is 3.19. The molecule has 60 valence electrons. The van der Waals surface area contributed by atoms with Crippen molar-refractivity contribution >= 4 is 11.8 Å². The van der Waals surface area contributed by atoms with Crippen LogP contribution in [0.5, 0.6) is 0 Å². The fraction of sp³-hybridized carbons (Fsp3) is 0.273. The summed E-state index contributed by atoms with van der Waals surface area (Å²) < 4.78 is 0. The summed E-state index contributed by atoms with van der Waals surface area (Å²) >= 11 is 1.92. The van der Waals surface area contributed by atoms with Gasteiger partial charge in [0.15, 0.2) is 0 Å². The van der Waals surface area contributed by atoms with E-state index in [0.717, 1.165) is 6.42 Å². The number of benzene rings is 1. The van der Waals surface area contributed by atoms with Crippen molar-refractivity contribution in [2.75, 3.05) is 5.75 Å². The zero-order valence-corrected chi connectivity index (χ0v) is 7.66. The van der Waals surface area contributed by atoms with Crippen LogP contribution < -0.4 is 0 Å². The zero-order valence-electron chi connectivity index (χ0n) is 6.84. The molecule has 1 aliphatic heterocycles. The third-order valence-electron chi connectivity index (χ3n) is 1.81. The van der Waals surface area contributed by atoms with E-state index in [-0.39, 0.29) is 0 Å². The highest BCUT2D eigenvalue weighted by Gasteiger charge is 2.00. The predicted octanol–water partition coefficient (Wildman–Crippen LogP) is 2.92. The third-order valence-corrected chi connectivity index (χ3v) is 2.97. The van der Waals surface area contributed by atoms with Gasteiger partial charge in [-0.05, 0) is 24.3 Å². The van der Waals surface area contributed by atoms with E-state index in [2.05, 4.69) is 36.1 Å². The molecule has 0 aliphatic carbocycles. The van der Waals surface area contributed by atoms with Crippen molar-refractivity contribution < 1.29 is 0 Å². The zero-order chi connectivity index (χ0) is 8.23. The Morgan fingerprint density at radius 2 is 2.17 bits per heavy atom. The van der Waals surface area contributed by atoms with Crippen LogP contribution in [0.15, 0.2) is 29.2 Å². The van der Waals surface area contributed by atoms with Crippen molar-refractivity contribution in [3.8, 4) is 11.8 Å². The molecule has 1 heteroatoms. The Labute approximate surface area is 77.4 Å². The van der Waals surface area contributed by atoms with Crippen LogP contribution in [-0.2, 0) is 0 Å². The molecule has 0 saturated heterocycles. The van der Waals surface area contributed by atoms with Gasteiger partial charge >= 0.3 is 0 Å². The van der Waals surface area contributed by atoms with Gasteiger partial charge in [-0.15, -0.1) is 11.8 Å². The monoisotopic (exact) mass is 174 g/mol. The van der Waals surface area contributed by atoms with E-state index in [0.29, 0.717) is 0 Å². The second kappa shape index (κ2) is 3.69. The Balaban J connectivity index is 2.42. The summed E-state index contributed by atoms with van der Waals surface area (Å²) in [5.41, 5.74) is 1.20. The van der Waals surface area contributed by atoms with E-state index < -0.39 is 0 Å². The second-order valence-electron chi connectivity index (χ2n) is 2.75. The van der Waals surface area contributed by atoms with Crippen LogP contribution in [0.4, 0.5) is 0 Å². The quantitative estimate of drug-likeness (QED) is 0.545. The Hall–Kier alpha value is -0.870. The molecule has 0 atom stereocenters. The summed E-state index contributed by atoms with van der Waals surface area (Å²) in [7, 11) is 0. The molecule has 1 heterocycles. The smallest absolute Gasteiger partial charge is 0.0381 e. The standard InChI is InChI=1S/C11H10S/c1-2-6-10-7-3-4-8-11(10)12-9-5-1/h3-4,7-8H,1,5,9H2. The van der Waals surface area contributed by atoms with Gasteiger partial charge in [0.2, 0.25) is 0 Å². The number of hydrogen-bond acceptors (Lipinski definition) is 1. The number of rotatable bonds is 0. The van der Waals surface area contributed by atoms with Crippen LogP contribution in [0.25, 0.3) is 0 Å². The van der Waals surface area contributed by atoms with E-state index in [1.54, 1.807) is 0 Å². The molecule has 0 spiro atoms. The van der Waals surface area contributed by atoms with E-state index >= 15 is 0 Å². The summed E-state index contributed by atoms with van der Waals surface area (Å²) in [4.78, 5) is 1.34. The van der Waals surface area contributed by atoms with Crippen LogP contribution in [-0.4, -0.2) is 5.75 Å². The Morgan fingerprint density at radius 3 is 3.17 bits per heavy atom. The first-order valence-electron chi connectivity index (χ1n) is 4.17. The lowest BCUT2D eigenvalue weighted by Gasteiger charge is -2.05. The molecule has 0 unspecified atom stereocenters. The van der Waals surface area contributed by atoms with E-state index in [4.69, 9.17) is 0 Å². The van der Waals surface area contributed by atoms with Gasteiger partial charge in [0.25, 0.3) is 0 Å². The van der Waals surface area contributed by atoms with Gasteiger partial charge in [-0.3, -0.25) is 0 Å². The molecular formula is C11H10S. The number of thioether (sulfide) groups is 1. The molecule has 12 heavy (non-hydrogen) atoms. The van der Waals surface area contributed by atoms with Crippen molar-refractivity contribution in [2.24, 2.45) is 0 Å². The molecular weight excluding hydrogens is 164 g/mol. The summed E-state index contributed by atoms with van der Waals surface area (Å²) in [6.07, 6.45) is 2.26. The van der Waals surface area contributed by atoms with Crippen LogP contribution in [0.1, 0.15) is 18.4 Å². The molecule has 1 aromatic rings. The average Bonchev–Trinajstić information content (AvgIpc) is 2.06. The first-order valence-corrected chi connectivity index (χ1v) is 5.16. The summed E-state index contributed by atoms with van der Waals surface area (Å²) in [5.74, 6) is 7.57. The normalized spacial score (nSPS) is 15.0. The maximum atomic E-state index is 3.19. The highest BCUT2D eigenvalue weighted by Crippen LogP contribution is 2.24. The predicted molar refractivity (Wildman–Crippen MR) is 53.3 cm³/mol. The van der Waals surface area contributed by atoms with Gasteiger partial charge in [0.1, 0.15) is 0 Å². The lowest BCUT2D eigenvalue weighted by molar-refractivity contribution is 0.993. The largest absolute Gasteiger partial charge is 0.125 e. The summed E-state index contributed by atoms with van der Waals surface area (Å²) in [6, 6.07) is 8.38. The summed E-state index contributed by atoms with van der Waals surface area (Å²) in [5, 5.41) is 0. The van der Waals surface area contributed by atoms with Crippen LogP contribution in [0.2, 0.25) is 0 Å². The first-order chi connectivity index (χ1) is 5.97. The minimum absolute atomic E-state index is 1.04. The fourth-order valence-corrected chi connectivity index (χ4v) is 2.15. The Bertz CT molecular complexity index is 330. The van der Waals surface area contributed by atoms with E-state index in [9.17, 15) is 0 Å². The average molecular weight is 174 g/mol. The highest BCUT2D eigenvalue weighted by atomic mass is 32.2. The van der Waals surface area contributed by atoms with Gasteiger partial charge in [0.05, 0.1) is 0 Å². The van der Waals surface area contributed by atoms with E-state index in [1.807, 2.05) is 11.8 Å². The lowest BCUT2D eigenvalue weighted by atomic mass is 10.2. The Morgan fingerprint density at radius 1 is 1.25 bits per heavy atom. The van der Waals surface area contributed by atoms with Crippen molar-refractivity contribution in [3.63, 3.8) is 0 Å². The van der Waals surface area contributed by atoms with Crippen LogP contribution in [0, 0.1) is 11.8 Å². The van der Waals surface area contributed by atoms with E-state index in [1.165, 1.54) is 22.6 Å². The number of fused-ring (bicyclic) bond motifs is 1. The molecule has 0 amide bonds. The Kier molecular flexibility index (Phi) is 2.39. The molecule has 0 fully saturated rings. The topological polar surface area (TPSA) is 0 Å².